The van der Waals surface area contributed by atoms with Crippen molar-refractivity contribution in [3.05, 3.63) is 29.5 Å². The Morgan fingerprint density at radius 1 is 1.41 bits per heavy atom. The van der Waals surface area contributed by atoms with Gasteiger partial charge in [0.1, 0.15) is 6.54 Å². The lowest BCUT2D eigenvalue weighted by Gasteiger charge is -2.04. The minimum atomic E-state index is -0.231. The van der Waals surface area contributed by atoms with E-state index in [2.05, 4.69) is 32.0 Å². The molecular weight excluding hydrogens is 284 g/mol. The first kappa shape index (κ1) is 14.0. The van der Waals surface area contributed by atoms with E-state index in [4.69, 9.17) is 5.73 Å². The number of benzene rings is 1. The number of nitrogens with one attached hydrogen (secondary N) is 1. The number of aryl methyl sites for hydroxylation is 2. The summed E-state index contributed by atoms with van der Waals surface area (Å²) < 4.78 is 3.03. The van der Waals surface area contributed by atoms with Gasteiger partial charge in [0.05, 0.1) is 17.8 Å². The second-order valence-corrected chi connectivity index (χ2v) is 5.06. The molecule has 0 aliphatic carbocycles. The van der Waals surface area contributed by atoms with Gasteiger partial charge < -0.3 is 11.1 Å². The molecule has 1 amide bonds. The van der Waals surface area contributed by atoms with Crippen LogP contribution in [-0.4, -0.2) is 35.9 Å². The number of anilines is 1. The largest absolute Gasteiger partial charge is 0.367 e. The molecule has 0 atom stereocenters. The van der Waals surface area contributed by atoms with Gasteiger partial charge in [-0.1, -0.05) is 16.7 Å². The Labute approximate surface area is 126 Å². The van der Waals surface area contributed by atoms with Crippen molar-refractivity contribution in [3.63, 3.8) is 0 Å². The standard InChI is InChI=1S/C13H16N8O/c1-8-3-4-11-9(5-8)10(17-20(11)2)6-15-12(22)7-21-13(14)16-18-19-21/h3-5H,6-7H2,1-2H3,(H,15,22)(H2,14,16,19). The number of amides is 1. The molecule has 0 aliphatic rings. The number of aromatic nitrogens is 6. The van der Waals surface area contributed by atoms with Gasteiger partial charge in [-0.05, 0) is 29.5 Å². The number of carbonyl (C=O) groups excluding carboxylic acids is 1. The van der Waals surface area contributed by atoms with E-state index in [1.54, 1.807) is 4.68 Å². The lowest BCUT2D eigenvalue weighted by Crippen LogP contribution is -2.28. The van der Waals surface area contributed by atoms with Gasteiger partial charge >= 0.3 is 0 Å². The van der Waals surface area contributed by atoms with Crippen LogP contribution in [0.15, 0.2) is 18.2 Å². The smallest absolute Gasteiger partial charge is 0.242 e. The second kappa shape index (κ2) is 5.43. The lowest BCUT2D eigenvalue weighted by molar-refractivity contribution is -0.122. The normalized spacial score (nSPS) is 11.0. The zero-order valence-corrected chi connectivity index (χ0v) is 12.3. The van der Waals surface area contributed by atoms with E-state index in [9.17, 15) is 4.79 Å². The summed E-state index contributed by atoms with van der Waals surface area (Å²) in [5.41, 5.74) is 8.52. The third-order valence-electron chi connectivity index (χ3n) is 3.39. The Balaban J connectivity index is 1.72. The average Bonchev–Trinajstić information content (AvgIpc) is 3.01. The van der Waals surface area contributed by atoms with E-state index in [0.29, 0.717) is 6.54 Å². The van der Waals surface area contributed by atoms with Crippen LogP contribution < -0.4 is 11.1 Å². The molecule has 9 heteroatoms. The van der Waals surface area contributed by atoms with Gasteiger partial charge in [-0.2, -0.15) is 5.10 Å². The number of fused-ring (bicyclic) bond motifs is 1. The maximum atomic E-state index is 11.9. The third-order valence-corrected chi connectivity index (χ3v) is 3.39. The number of nitrogens with zero attached hydrogens (tertiary/aromatic N) is 6. The van der Waals surface area contributed by atoms with Gasteiger partial charge in [0, 0.05) is 12.4 Å². The number of nitrogens with two attached hydrogens (primary N) is 1. The molecule has 22 heavy (non-hydrogen) atoms. The number of carbonyl (C=O) groups is 1. The number of rotatable bonds is 4. The fraction of sp³-hybridized carbons (Fsp3) is 0.308. The van der Waals surface area contributed by atoms with E-state index in [1.807, 2.05) is 26.1 Å². The van der Waals surface area contributed by atoms with Gasteiger partial charge in [0.25, 0.3) is 0 Å². The molecule has 1 aromatic carbocycles. The van der Waals surface area contributed by atoms with Crippen LogP contribution in [0.25, 0.3) is 10.9 Å². The molecule has 0 bridgehead atoms. The van der Waals surface area contributed by atoms with E-state index < -0.39 is 0 Å². The third kappa shape index (κ3) is 2.60. The van der Waals surface area contributed by atoms with Crippen molar-refractivity contribution in [3.8, 4) is 0 Å². The molecule has 0 saturated heterocycles. The van der Waals surface area contributed by atoms with Crippen LogP contribution in [0.2, 0.25) is 0 Å². The molecule has 114 valence electrons. The van der Waals surface area contributed by atoms with E-state index in [-0.39, 0.29) is 18.4 Å². The summed E-state index contributed by atoms with van der Waals surface area (Å²) in [6.45, 7) is 2.33. The number of tetrazole rings is 1. The first-order valence-corrected chi connectivity index (χ1v) is 6.75. The Kier molecular flexibility index (Phi) is 3.45. The van der Waals surface area contributed by atoms with Crippen LogP contribution in [0, 0.1) is 6.92 Å². The van der Waals surface area contributed by atoms with E-state index in [0.717, 1.165) is 22.2 Å². The van der Waals surface area contributed by atoms with E-state index in [1.165, 1.54) is 4.68 Å². The molecule has 2 aromatic heterocycles. The maximum absolute atomic E-state index is 11.9. The van der Waals surface area contributed by atoms with Gasteiger partial charge in [0.2, 0.25) is 11.9 Å². The quantitative estimate of drug-likeness (QED) is 0.687. The van der Waals surface area contributed by atoms with Crippen LogP contribution in [-0.2, 0) is 24.9 Å². The second-order valence-electron chi connectivity index (χ2n) is 5.06. The molecule has 3 N–H and O–H groups in total. The highest BCUT2D eigenvalue weighted by Gasteiger charge is 2.11. The summed E-state index contributed by atoms with van der Waals surface area (Å²) in [4.78, 5) is 11.9. The fourth-order valence-corrected chi connectivity index (χ4v) is 2.28. The number of hydrogen-bond acceptors (Lipinski definition) is 6. The van der Waals surface area contributed by atoms with Crippen LogP contribution in [0.5, 0.6) is 0 Å². The molecular formula is C13H16N8O. The molecule has 0 aliphatic heterocycles. The van der Waals surface area contributed by atoms with Crippen molar-refractivity contribution < 1.29 is 4.79 Å². The van der Waals surface area contributed by atoms with Crippen molar-refractivity contribution in [2.24, 2.45) is 7.05 Å². The van der Waals surface area contributed by atoms with Crippen molar-refractivity contribution in [2.75, 3.05) is 5.73 Å². The highest BCUT2D eigenvalue weighted by molar-refractivity contribution is 5.83. The van der Waals surface area contributed by atoms with Crippen molar-refractivity contribution in [1.29, 1.82) is 0 Å². The first-order valence-electron chi connectivity index (χ1n) is 6.75. The highest BCUT2D eigenvalue weighted by atomic mass is 16.2. The maximum Gasteiger partial charge on any atom is 0.242 e. The molecule has 3 rings (SSSR count). The van der Waals surface area contributed by atoms with Gasteiger partial charge in [-0.3, -0.25) is 9.48 Å². The van der Waals surface area contributed by atoms with E-state index >= 15 is 0 Å². The average molecular weight is 300 g/mol. The predicted octanol–water partition coefficient (Wildman–Crippen LogP) is -0.233. The summed E-state index contributed by atoms with van der Waals surface area (Å²) in [6.07, 6.45) is 0. The van der Waals surface area contributed by atoms with Crippen molar-refractivity contribution >= 4 is 22.8 Å². The summed E-state index contributed by atoms with van der Waals surface area (Å²) in [6, 6.07) is 6.11. The monoisotopic (exact) mass is 300 g/mol. The SMILES string of the molecule is Cc1ccc2c(c1)c(CNC(=O)Cn1nnnc1N)nn2C. The Bertz CT molecular complexity index is 834. The zero-order valence-electron chi connectivity index (χ0n) is 12.3. The summed E-state index contributed by atoms with van der Waals surface area (Å²) >= 11 is 0. The molecule has 0 spiro atoms. The van der Waals surface area contributed by atoms with Crippen LogP contribution >= 0.6 is 0 Å². The fourth-order valence-electron chi connectivity index (χ4n) is 2.28. The Morgan fingerprint density at radius 2 is 2.23 bits per heavy atom. The summed E-state index contributed by atoms with van der Waals surface area (Å²) in [5.74, 6) is -0.125. The lowest BCUT2D eigenvalue weighted by atomic mass is 10.1. The summed E-state index contributed by atoms with van der Waals surface area (Å²) in [5, 5.41) is 18.8. The van der Waals surface area contributed by atoms with Crippen LogP contribution in [0.3, 0.4) is 0 Å². The molecule has 2 heterocycles. The summed E-state index contributed by atoms with van der Waals surface area (Å²) in [7, 11) is 1.88. The molecule has 3 aromatic rings. The van der Waals surface area contributed by atoms with Crippen LogP contribution in [0.1, 0.15) is 11.3 Å². The van der Waals surface area contributed by atoms with Crippen molar-refractivity contribution in [2.45, 2.75) is 20.0 Å². The van der Waals surface area contributed by atoms with Gasteiger partial charge in [-0.25, -0.2) is 4.68 Å². The molecule has 0 radical (unpaired) electrons. The first-order chi connectivity index (χ1) is 10.5. The van der Waals surface area contributed by atoms with Crippen LogP contribution in [0.4, 0.5) is 5.95 Å². The van der Waals surface area contributed by atoms with Gasteiger partial charge in [0.15, 0.2) is 0 Å². The zero-order chi connectivity index (χ0) is 15.7. The topological polar surface area (TPSA) is 117 Å². The Morgan fingerprint density at radius 3 is 2.95 bits per heavy atom. The highest BCUT2D eigenvalue weighted by Crippen LogP contribution is 2.19. The molecule has 0 saturated carbocycles. The molecule has 9 nitrogen and oxygen atoms in total. The van der Waals surface area contributed by atoms with Crippen molar-refractivity contribution in [1.82, 2.24) is 35.3 Å². The number of nitrogen functional groups attached to an aromatic ring is 1. The minimum absolute atomic E-state index is 0.0252. The van der Waals surface area contributed by atoms with Gasteiger partial charge in [-0.15, -0.1) is 0 Å². The minimum Gasteiger partial charge on any atom is -0.367 e. The molecule has 0 fully saturated rings. The molecule has 0 unspecified atom stereocenters. The predicted molar refractivity (Wildman–Crippen MR) is 79.5 cm³/mol. The Hall–Kier alpha value is -2.97. The number of hydrogen-bond donors (Lipinski definition) is 2.